The molecule has 0 aliphatic carbocycles. The van der Waals surface area contributed by atoms with Crippen molar-refractivity contribution in [3.05, 3.63) is 20.5 Å². The lowest BCUT2D eigenvalue weighted by Gasteiger charge is -2.38. The van der Waals surface area contributed by atoms with Gasteiger partial charge in [0, 0.05) is 31.7 Å². The van der Waals surface area contributed by atoms with E-state index in [1.54, 1.807) is 0 Å². The Kier molecular flexibility index (Phi) is 4.89. The minimum absolute atomic E-state index is 0.0728. The first kappa shape index (κ1) is 16.6. The van der Waals surface area contributed by atoms with E-state index in [1.165, 1.54) is 4.31 Å². The van der Waals surface area contributed by atoms with Crippen molar-refractivity contribution in [3.63, 3.8) is 0 Å². The van der Waals surface area contributed by atoms with Crippen LogP contribution in [-0.4, -0.2) is 54.8 Å². The van der Waals surface area contributed by atoms with Crippen LogP contribution >= 0.6 is 22.9 Å². The number of thiophene rings is 1. The summed E-state index contributed by atoms with van der Waals surface area (Å²) < 4.78 is 26.3. The van der Waals surface area contributed by atoms with Crippen molar-refractivity contribution in [2.75, 3.05) is 26.2 Å². The second-order valence-electron chi connectivity index (χ2n) is 4.82. The van der Waals surface area contributed by atoms with Crippen molar-refractivity contribution in [2.45, 2.75) is 24.1 Å². The summed E-state index contributed by atoms with van der Waals surface area (Å²) in [5, 5.41) is 10.8. The number of piperazine rings is 1. The zero-order valence-corrected chi connectivity index (χ0v) is 14.0. The molecule has 0 N–H and O–H groups in total. The first-order chi connectivity index (χ1) is 9.77. The van der Waals surface area contributed by atoms with Crippen LogP contribution in [0.4, 0.5) is 5.69 Å². The van der Waals surface area contributed by atoms with Gasteiger partial charge in [-0.05, 0) is 13.5 Å². The van der Waals surface area contributed by atoms with Crippen LogP contribution in [0.3, 0.4) is 0 Å². The monoisotopic (exact) mass is 353 g/mol. The molecule has 1 atom stereocenters. The van der Waals surface area contributed by atoms with Gasteiger partial charge in [0.1, 0.15) is 4.21 Å². The summed E-state index contributed by atoms with van der Waals surface area (Å²) in [4.78, 5) is 12.3. The van der Waals surface area contributed by atoms with E-state index in [2.05, 4.69) is 4.90 Å². The average Bonchev–Trinajstić information content (AvgIpc) is 2.81. The molecule has 2 rings (SSSR count). The molecule has 1 aromatic heterocycles. The Morgan fingerprint density at radius 2 is 2.19 bits per heavy atom. The van der Waals surface area contributed by atoms with E-state index in [1.807, 2.05) is 13.8 Å². The van der Waals surface area contributed by atoms with E-state index in [0.29, 0.717) is 19.6 Å². The Morgan fingerprint density at radius 1 is 1.52 bits per heavy atom. The van der Waals surface area contributed by atoms with Gasteiger partial charge in [0.15, 0.2) is 4.34 Å². The van der Waals surface area contributed by atoms with Crippen LogP contribution in [0, 0.1) is 10.1 Å². The molecule has 1 aliphatic heterocycles. The van der Waals surface area contributed by atoms with Gasteiger partial charge in [-0.1, -0.05) is 18.5 Å². The van der Waals surface area contributed by atoms with Crippen molar-refractivity contribution in [2.24, 2.45) is 0 Å². The lowest BCUT2D eigenvalue weighted by atomic mass is 10.2. The molecule has 118 valence electrons. The topological polar surface area (TPSA) is 83.8 Å². The smallest absolute Gasteiger partial charge is 0.298 e. The molecule has 1 saturated heterocycles. The highest BCUT2D eigenvalue weighted by molar-refractivity contribution is 7.91. The largest absolute Gasteiger partial charge is 0.300 e. The Morgan fingerprint density at radius 3 is 2.67 bits per heavy atom. The van der Waals surface area contributed by atoms with Crippen molar-refractivity contribution >= 4 is 38.6 Å². The summed E-state index contributed by atoms with van der Waals surface area (Å²) in [6.07, 6.45) is 0. The van der Waals surface area contributed by atoms with E-state index in [-0.39, 0.29) is 20.3 Å². The zero-order valence-electron chi connectivity index (χ0n) is 11.7. The maximum atomic E-state index is 12.6. The number of hydrogen-bond acceptors (Lipinski definition) is 6. The van der Waals surface area contributed by atoms with Crippen LogP contribution in [0.15, 0.2) is 10.3 Å². The third-order valence-corrected chi connectivity index (χ3v) is 7.22. The number of nitro groups is 1. The fraction of sp³-hybridized carbons (Fsp3) is 0.636. The molecule has 2 heterocycles. The number of likely N-dealkylation sites (N-methyl/N-ethyl adjacent to an activating group) is 1. The Bertz CT molecular complexity index is 646. The van der Waals surface area contributed by atoms with E-state index < -0.39 is 14.9 Å². The Labute approximate surface area is 132 Å². The highest BCUT2D eigenvalue weighted by atomic mass is 35.5. The lowest BCUT2D eigenvalue weighted by Crippen LogP contribution is -2.53. The maximum Gasteiger partial charge on any atom is 0.300 e. The van der Waals surface area contributed by atoms with Gasteiger partial charge >= 0.3 is 0 Å². The molecule has 0 spiro atoms. The first-order valence-electron chi connectivity index (χ1n) is 6.45. The average molecular weight is 354 g/mol. The summed E-state index contributed by atoms with van der Waals surface area (Å²) in [5.41, 5.74) is -0.361. The molecule has 0 amide bonds. The van der Waals surface area contributed by atoms with Crippen molar-refractivity contribution < 1.29 is 13.3 Å². The molecule has 10 heteroatoms. The molecule has 1 aliphatic rings. The fourth-order valence-corrected chi connectivity index (χ4v) is 5.70. The van der Waals surface area contributed by atoms with E-state index in [9.17, 15) is 18.5 Å². The minimum atomic E-state index is -3.73. The van der Waals surface area contributed by atoms with Gasteiger partial charge in [-0.2, -0.15) is 4.31 Å². The molecule has 1 fully saturated rings. The molecular formula is C11H16ClN3O4S2. The van der Waals surface area contributed by atoms with Crippen molar-refractivity contribution in [3.8, 4) is 0 Å². The standard InChI is InChI=1S/C11H16ClN3O4S2/c1-3-13-4-5-14(7-8(13)2)21(18,19)10-6-9(15(16)17)11(12)20-10/h6,8H,3-5,7H2,1-2H3. The van der Waals surface area contributed by atoms with E-state index in [0.717, 1.165) is 23.9 Å². The molecule has 1 aromatic rings. The summed E-state index contributed by atoms with van der Waals surface area (Å²) in [6.45, 7) is 6.27. The Hall–Kier alpha value is -0.740. The first-order valence-corrected chi connectivity index (χ1v) is 9.08. The maximum absolute atomic E-state index is 12.6. The molecule has 0 saturated carbocycles. The van der Waals surface area contributed by atoms with Crippen LogP contribution in [-0.2, 0) is 10.0 Å². The molecule has 7 nitrogen and oxygen atoms in total. The van der Waals surface area contributed by atoms with E-state index >= 15 is 0 Å². The van der Waals surface area contributed by atoms with Gasteiger partial charge in [0.25, 0.3) is 15.7 Å². The summed E-state index contributed by atoms with van der Waals surface area (Å²) in [7, 11) is -3.73. The fourth-order valence-electron chi connectivity index (χ4n) is 2.37. The van der Waals surface area contributed by atoms with E-state index in [4.69, 9.17) is 11.6 Å². The highest BCUT2D eigenvalue weighted by Crippen LogP contribution is 2.37. The predicted octanol–water partition coefficient (Wildman–Crippen LogP) is 2.02. The lowest BCUT2D eigenvalue weighted by molar-refractivity contribution is -0.384. The second-order valence-corrected chi connectivity index (χ2v) is 8.64. The molecule has 0 radical (unpaired) electrons. The number of hydrogen-bond donors (Lipinski definition) is 0. The van der Waals surface area contributed by atoms with Gasteiger partial charge in [-0.15, -0.1) is 11.3 Å². The normalized spacial score (nSPS) is 21.6. The molecule has 0 aromatic carbocycles. The van der Waals surface area contributed by atoms with Gasteiger partial charge in [-0.3, -0.25) is 15.0 Å². The van der Waals surface area contributed by atoms with Gasteiger partial charge in [-0.25, -0.2) is 8.42 Å². The van der Waals surface area contributed by atoms with Crippen LogP contribution in [0.25, 0.3) is 0 Å². The predicted molar refractivity (Wildman–Crippen MR) is 81.5 cm³/mol. The molecule has 1 unspecified atom stereocenters. The summed E-state index contributed by atoms with van der Waals surface area (Å²) >= 11 is 6.48. The number of halogens is 1. The number of rotatable bonds is 4. The zero-order chi connectivity index (χ0) is 15.8. The molecule has 21 heavy (non-hydrogen) atoms. The number of nitrogens with zero attached hydrogens (tertiary/aromatic N) is 3. The van der Waals surface area contributed by atoms with Gasteiger partial charge < -0.3 is 0 Å². The third kappa shape index (κ3) is 3.21. The van der Waals surface area contributed by atoms with Gasteiger partial charge in [0.2, 0.25) is 0 Å². The third-order valence-electron chi connectivity index (χ3n) is 3.57. The van der Waals surface area contributed by atoms with Crippen molar-refractivity contribution in [1.82, 2.24) is 9.21 Å². The summed E-state index contributed by atoms with van der Waals surface area (Å²) in [6, 6.07) is 1.16. The molecular weight excluding hydrogens is 338 g/mol. The van der Waals surface area contributed by atoms with Crippen molar-refractivity contribution in [1.29, 1.82) is 0 Å². The van der Waals surface area contributed by atoms with Crippen LogP contribution in [0.2, 0.25) is 4.34 Å². The molecule has 0 bridgehead atoms. The highest BCUT2D eigenvalue weighted by Gasteiger charge is 2.34. The summed E-state index contributed by atoms with van der Waals surface area (Å²) in [5.74, 6) is 0. The quantitative estimate of drug-likeness (QED) is 0.610. The Balaban J connectivity index is 2.27. The van der Waals surface area contributed by atoms with Crippen LogP contribution in [0.1, 0.15) is 13.8 Å². The minimum Gasteiger partial charge on any atom is -0.298 e. The second kappa shape index (κ2) is 6.17. The SMILES string of the molecule is CCN1CCN(S(=O)(=O)c2cc([N+](=O)[O-])c(Cl)s2)CC1C. The van der Waals surface area contributed by atoms with Gasteiger partial charge in [0.05, 0.1) is 4.92 Å². The number of sulfonamides is 1. The van der Waals surface area contributed by atoms with Crippen LogP contribution < -0.4 is 0 Å². The van der Waals surface area contributed by atoms with Crippen LogP contribution in [0.5, 0.6) is 0 Å².